The highest BCUT2D eigenvalue weighted by Crippen LogP contribution is 2.41. The van der Waals surface area contributed by atoms with E-state index in [0.29, 0.717) is 5.57 Å². The lowest BCUT2D eigenvalue weighted by molar-refractivity contribution is -0.289. The Hall–Kier alpha value is -0.720. The number of rotatable bonds is 4. The van der Waals surface area contributed by atoms with Gasteiger partial charge in [0.25, 0.3) is 0 Å². The minimum Gasteiger partial charge on any atom is -0.327 e. The maximum atomic E-state index is 12.2. The molecule has 0 saturated carbocycles. The molecule has 0 aliphatic carbocycles. The first-order valence-electron chi connectivity index (χ1n) is 4.49. The van der Waals surface area contributed by atoms with Gasteiger partial charge in [0.2, 0.25) is 0 Å². The Morgan fingerprint density at radius 3 is 1.75 bits per heavy atom. The third-order valence-corrected chi connectivity index (χ3v) is 2.04. The van der Waals surface area contributed by atoms with Gasteiger partial charge in [0, 0.05) is 6.04 Å². The zero-order valence-electron chi connectivity index (χ0n) is 8.62. The minimum absolute atomic E-state index is 0.0455. The molecule has 0 amide bonds. The second kappa shape index (κ2) is 5.07. The molecule has 96 valence electrons. The van der Waals surface area contributed by atoms with Crippen molar-refractivity contribution in [1.29, 1.82) is 0 Å². The Kier molecular flexibility index (Phi) is 4.85. The fraction of sp³-hybridized carbons (Fsp3) is 0.778. The van der Waals surface area contributed by atoms with E-state index in [4.69, 9.17) is 5.73 Å². The van der Waals surface area contributed by atoms with E-state index in [0.717, 1.165) is 0 Å². The molecule has 7 heteroatoms. The van der Waals surface area contributed by atoms with Gasteiger partial charge in [0.05, 0.1) is 0 Å². The highest BCUT2D eigenvalue weighted by molar-refractivity contribution is 4.92. The van der Waals surface area contributed by atoms with Crippen molar-refractivity contribution in [2.24, 2.45) is 11.7 Å². The normalized spacial score (nSPS) is 15.3. The molecular formula is C9H13F6N. The number of hydrogen-bond acceptors (Lipinski definition) is 1. The van der Waals surface area contributed by atoms with Gasteiger partial charge in [-0.2, -0.15) is 26.3 Å². The van der Waals surface area contributed by atoms with Crippen molar-refractivity contribution in [3.05, 3.63) is 12.2 Å². The Morgan fingerprint density at radius 2 is 1.50 bits per heavy atom. The van der Waals surface area contributed by atoms with E-state index >= 15 is 0 Å². The molecule has 0 bridgehead atoms. The standard InChI is InChI=1S/C9H13F6N/c1-5(2)3-4-6(16)7(8(10,11)12)9(13,14)15/h6-7H,1,3-4,16H2,2H3. The molecule has 0 rings (SSSR count). The number of alkyl halides is 6. The summed E-state index contributed by atoms with van der Waals surface area (Å²) in [5.74, 6) is -3.47. The zero-order valence-corrected chi connectivity index (χ0v) is 8.62. The highest BCUT2D eigenvalue weighted by Gasteiger charge is 2.59. The first-order chi connectivity index (χ1) is 6.96. The van der Waals surface area contributed by atoms with E-state index in [-0.39, 0.29) is 12.8 Å². The summed E-state index contributed by atoms with van der Waals surface area (Å²) in [5, 5.41) is 0. The lowest BCUT2D eigenvalue weighted by atomic mass is 9.94. The monoisotopic (exact) mass is 249 g/mol. The molecule has 0 saturated heterocycles. The molecule has 1 unspecified atom stereocenters. The van der Waals surface area contributed by atoms with Gasteiger partial charge in [-0.1, -0.05) is 5.57 Å². The van der Waals surface area contributed by atoms with Crippen molar-refractivity contribution in [2.75, 3.05) is 0 Å². The number of allylic oxidation sites excluding steroid dienone is 1. The maximum absolute atomic E-state index is 12.2. The van der Waals surface area contributed by atoms with Crippen LogP contribution in [0.2, 0.25) is 0 Å². The molecule has 0 aromatic carbocycles. The summed E-state index contributed by atoms with van der Waals surface area (Å²) < 4.78 is 73.0. The molecule has 0 spiro atoms. The lowest BCUT2D eigenvalue weighted by Gasteiger charge is -2.28. The molecule has 0 aliphatic heterocycles. The maximum Gasteiger partial charge on any atom is 0.401 e. The smallest absolute Gasteiger partial charge is 0.327 e. The van der Waals surface area contributed by atoms with E-state index in [2.05, 4.69) is 6.58 Å². The van der Waals surface area contributed by atoms with Crippen LogP contribution in [0.3, 0.4) is 0 Å². The first kappa shape index (κ1) is 15.3. The molecule has 16 heavy (non-hydrogen) atoms. The summed E-state index contributed by atoms with van der Waals surface area (Å²) in [6, 6.07) is -1.99. The zero-order chi connectivity index (χ0) is 13.1. The van der Waals surface area contributed by atoms with Crippen LogP contribution in [0, 0.1) is 5.92 Å². The molecule has 0 heterocycles. The van der Waals surface area contributed by atoms with Crippen molar-refractivity contribution in [3.63, 3.8) is 0 Å². The summed E-state index contributed by atoms with van der Waals surface area (Å²) in [7, 11) is 0. The van der Waals surface area contributed by atoms with Gasteiger partial charge in [-0.25, -0.2) is 0 Å². The van der Waals surface area contributed by atoms with Crippen LogP contribution in [-0.4, -0.2) is 18.4 Å². The van der Waals surface area contributed by atoms with E-state index < -0.39 is 24.3 Å². The van der Waals surface area contributed by atoms with E-state index in [1.165, 1.54) is 6.92 Å². The molecule has 1 nitrogen and oxygen atoms in total. The van der Waals surface area contributed by atoms with Crippen LogP contribution in [0.4, 0.5) is 26.3 Å². The summed E-state index contributed by atoms with van der Waals surface area (Å²) in [4.78, 5) is 0. The van der Waals surface area contributed by atoms with Crippen LogP contribution in [0.5, 0.6) is 0 Å². The Balaban J connectivity index is 4.72. The number of halogens is 6. The van der Waals surface area contributed by atoms with Crippen molar-refractivity contribution in [2.45, 2.75) is 38.2 Å². The summed E-state index contributed by atoms with van der Waals surface area (Å²) in [6.45, 7) is 4.91. The summed E-state index contributed by atoms with van der Waals surface area (Å²) >= 11 is 0. The predicted octanol–water partition coefficient (Wildman–Crippen LogP) is 3.41. The minimum atomic E-state index is -5.37. The third kappa shape index (κ3) is 4.87. The van der Waals surface area contributed by atoms with Crippen LogP contribution in [-0.2, 0) is 0 Å². The van der Waals surface area contributed by atoms with Crippen LogP contribution < -0.4 is 5.73 Å². The van der Waals surface area contributed by atoms with E-state index in [1.54, 1.807) is 0 Å². The first-order valence-corrected chi connectivity index (χ1v) is 4.49. The molecule has 0 radical (unpaired) electrons. The lowest BCUT2D eigenvalue weighted by Crippen LogP contribution is -2.48. The Labute approximate surface area is 89.3 Å². The van der Waals surface area contributed by atoms with Crippen LogP contribution in [0.15, 0.2) is 12.2 Å². The Morgan fingerprint density at radius 1 is 1.12 bits per heavy atom. The van der Waals surface area contributed by atoms with Gasteiger partial charge in [-0.3, -0.25) is 0 Å². The van der Waals surface area contributed by atoms with Gasteiger partial charge in [-0.15, -0.1) is 6.58 Å². The second-order valence-electron chi connectivity index (χ2n) is 3.72. The molecule has 0 aliphatic rings. The summed E-state index contributed by atoms with van der Waals surface area (Å²) in [5.41, 5.74) is 5.46. The van der Waals surface area contributed by atoms with Gasteiger partial charge in [-0.05, 0) is 19.8 Å². The molecular weight excluding hydrogens is 236 g/mol. The highest BCUT2D eigenvalue weighted by atomic mass is 19.4. The third-order valence-electron chi connectivity index (χ3n) is 2.04. The van der Waals surface area contributed by atoms with E-state index in [1.807, 2.05) is 0 Å². The van der Waals surface area contributed by atoms with Crippen molar-refractivity contribution < 1.29 is 26.3 Å². The van der Waals surface area contributed by atoms with Gasteiger partial charge in [0.1, 0.15) is 0 Å². The van der Waals surface area contributed by atoms with Gasteiger partial charge >= 0.3 is 12.4 Å². The Bertz CT molecular complexity index is 227. The summed E-state index contributed by atoms with van der Waals surface area (Å²) in [6.07, 6.45) is -11.1. The van der Waals surface area contributed by atoms with Crippen LogP contribution in [0.1, 0.15) is 19.8 Å². The average Bonchev–Trinajstić information content (AvgIpc) is 1.94. The molecule has 0 aromatic heterocycles. The average molecular weight is 249 g/mol. The van der Waals surface area contributed by atoms with Crippen molar-refractivity contribution >= 4 is 0 Å². The van der Waals surface area contributed by atoms with E-state index in [9.17, 15) is 26.3 Å². The predicted molar refractivity (Wildman–Crippen MR) is 47.6 cm³/mol. The fourth-order valence-electron chi connectivity index (χ4n) is 1.25. The van der Waals surface area contributed by atoms with Crippen molar-refractivity contribution in [3.8, 4) is 0 Å². The molecule has 1 atom stereocenters. The number of hydrogen-bond donors (Lipinski definition) is 1. The molecule has 0 aromatic rings. The molecule has 0 fully saturated rings. The van der Waals surface area contributed by atoms with Crippen molar-refractivity contribution in [1.82, 2.24) is 0 Å². The quantitative estimate of drug-likeness (QED) is 0.599. The second-order valence-corrected chi connectivity index (χ2v) is 3.72. The number of nitrogens with two attached hydrogens (primary N) is 1. The van der Waals surface area contributed by atoms with Gasteiger partial charge < -0.3 is 5.73 Å². The van der Waals surface area contributed by atoms with Gasteiger partial charge in [0.15, 0.2) is 5.92 Å². The van der Waals surface area contributed by atoms with Crippen LogP contribution in [0.25, 0.3) is 0 Å². The largest absolute Gasteiger partial charge is 0.401 e. The SMILES string of the molecule is C=C(C)CCC(N)C(C(F)(F)F)C(F)(F)F. The molecule has 2 N–H and O–H groups in total. The topological polar surface area (TPSA) is 26.0 Å². The van der Waals surface area contributed by atoms with Crippen LogP contribution >= 0.6 is 0 Å². The fourth-order valence-corrected chi connectivity index (χ4v) is 1.25.